The summed E-state index contributed by atoms with van der Waals surface area (Å²) in [7, 11) is 0. The average Bonchev–Trinajstić information content (AvgIpc) is 2.06. The van der Waals surface area contributed by atoms with Crippen molar-refractivity contribution in [2.24, 2.45) is 0 Å². The maximum absolute atomic E-state index is 4.25. The van der Waals surface area contributed by atoms with E-state index in [9.17, 15) is 0 Å². The van der Waals surface area contributed by atoms with E-state index in [0.717, 1.165) is 13.1 Å². The molecule has 58 valence electrons. The molecule has 1 aliphatic heterocycles. The molecule has 1 aromatic heterocycles. The van der Waals surface area contributed by atoms with Crippen LogP contribution in [-0.2, 0) is 6.54 Å². The highest BCUT2D eigenvalue weighted by Crippen LogP contribution is 2.18. The van der Waals surface area contributed by atoms with Crippen molar-refractivity contribution in [3.63, 3.8) is 0 Å². The highest BCUT2D eigenvalue weighted by atomic mass is 14.9. The quantitative estimate of drug-likeness (QED) is 0.589. The molecule has 3 nitrogen and oxygen atoms in total. The van der Waals surface area contributed by atoms with E-state index in [4.69, 9.17) is 0 Å². The minimum atomic E-state index is 0.529. The lowest BCUT2D eigenvalue weighted by atomic mass is 10.00. The number of nitrogens with one attached hydrogen (secondary N) is 1. The highest BCUT2D eigenvalue weighted by molar-refractivity contribution is 5.22. The standard InChI is InChI=1S/C8H11N3/c1-6-2-9-3-7-4-10-5-11-8(6)7/h4-6,9H,2-3H2,1H3/t6-/m1/s1. The van der Waals surface area contributed by atoms with Crippen LogP contribution in [0.5, 0.6) is 0 Å². The fourth-order valence-electron chi connectivity index (χ4n) is 1.47. The summed E-state index contributed by atoms with van der Waals surface area (Å²) in [5, 5.41) is 3.31. The lowest BCUT2D eigenvalue weighted by Crippen LogP contribution is -2.27. The van der Waals surface area contributed by atoms with Crippen molar-refractivity contribution in [2.45, 2.75) is 19.4 Å². The third-order valence-corrected chi connectivity index (χ3v) is 2.06. The van der Waals surface area contributed by atoms with Gasteiger partial charge in [0.15, 0.2) is 0 Å². The normalized spacial score (nSPS) is 22.8. The van der Waals surface area contributed by atoms with Crippen molar-refractivity contribution >= 4 is 0 Å². The minimum absolute atomic E-state index is 0.529. The largest absolute Gasteiger partial charge is 0.312 e. The Kier molecular flexibility index (Phi) is 1.58. The number of rotatable bonds is 0. The molecule has 3 heteroatoms. The molecule has 11 heavy (non-hydrogen) atoms. The molecule has 0 bridgehead atoms. The van der Waals surface area contributed by atoms with Gasteiger partial charge >= 0.3 is 0 Å². The van der Waals surface area contributed by atoms with Crippen LogP contribution in [0.25, 0.3) is 0 Å². The zero-order valence-electron chi connectivity index (χ0n) is 6.54. The Morgan fingerprint density at radius 1 is 1.64 bits per heavy atom. The first-order valence-electron chi connectivity index (χ1n) is 3.87. The van der Waals surface area contributed by atoms with Crippen molar-refractivity contribution in [3.05, 3.63) is 23.8 Å². The van der Waals surface area contributed by atoms with E-state index in [2.05, 4.69) is 22.2 Å². The number of aromatic nitrogens is 2. The fourth-order valence-corrected chi connectivity index (χ4v) is 1.47. The summed E-state index contributed by atoms with van der Waals surface area (Å²) in [6, 6.07) is 0. The van der Waals surface area contributed by atoms with E-state index in [1.807, 2.05) is 6.20 Å². The van der Waals surface area contributed by atoms with Crippen LogP contribution in [0, 0.1) is 0 Å². The number of hydrogen-bond donors (Lipinski definition) is 1. The van der Waals surface area contributed by atoms with E-state index in [0.29, 0.717) is 5.92 Å². The Bertz CT molecular complexity index is 259. The summed E-state index contributed by atoms with van der Waals surface area (Å²) in [6.45, 7) is 4.13. The van der Waals surface area contributed by atoms with E-state index in [-0.39, 0.29) is 0 Å². The van der Waals surface area contributed by atoms with Gasteiger partial charge < -0.3 is 5.32 Å². The second kappa shape index (κ2) is 2.58. The van der Waals surface area contributed by atoms with Gasteiger partial charge in [-0.2, -0.15) is 0 Å². The van der Waals surface area contributed by atoms with Crippen molar-refractivity contribution < 1.29 is 0 Å². The topological polar surface area (TPSA) is 37.8 Å². The summed E-state index contributed by atoms with van der Waals surface area (Å²) in [5.74, 6) is 0.529. The molecule has 0 saturated carbocycles. The summed E-state index contributed by atoms with van der Waals surface area (Å²) in [6.07, 6.45) is 3.52. The number of nitrogens with zero attached hydrogens (tertiary/aromatic N) is 2. The predicted octanol–water partition coefficient (Wildman–Crippen LogP) is 0.683. The molecule has 2 heterocycles. The Labute approximate surface area is 65.9 Å². The molecule has 0 saturated heterocycles. The molecule has 1 aromatic rings. The second-order valence-corrected chi connectivity index (χ2v) is 2.97. The first-order chi connectivity index (χ1) is 5.38. The maximum atomic E-state index is 4.25. The lowest BCUT2D eigenvalue weighted by Gasteiger charge is -2.20. The average molecular weight is 149 g/mol. The van der Waals surface area contributed by atoms with Crippen molar-refractivity contribution in [1.82, 2.24) is 15.3 Å². The molecular formula is C8H11N3. The van der Waals surface area contributed by atoms with Gasteiger partial charge in [-0.3, -0.25) is 0 Å². The van der Waals surface area contributed by atoms with Crippen molar-refractivity contribution in [3.8, 4) is 0 Å². The zero-order valence-corrected chi connectivity index (χ0v) is 6.54. The monoisotopic (exact) mass is 149 g/mol. The molecular weight excluding hydrogens is 138 g/mol. The summed E-state index contributed by atoms with van der Waals surface area (Å²) < 4.78 is 0. The Hall–Kier alpha value is -0.960. The van der Waals surface area contributed by atoms with E-state index in [1.54, 1.807) is 6.33 Å². The van der Waals surface area contributed by atoms with Crippen LogP contribution in [-0.4, -0.2) is 16.5 Å². The van der Waals surface area contributed by atoms with Crippen molar-refractivity contribution in [2.75, 3.05) is 6.54 Å². The molecule has 1 N–H and O–H groups in total. The summed E-state index contributed by atoms with van der Waals surface area (Å²) in [5.41, 5.74) is 2.45. The van der Waals surface area contributed by atoms with E-state index in [1.165, 1.54) is 11.3 Å². The Morgan fingerprint density at radius 3 is 3.36 bits per heavy atom. The third kappa shape index (κ3) is 1.12. The summed E-state index contributed by atoms with van der Waals surface area (Å²) in [4.78, 5) is 8.23. The fraction of sp³-hybridized carbons (Fsp3) is 0.500. The van der Waals surface area contributed by atoms with Gasteiger partial charge in [-0.05, 0) is 0 Å². The number of fused-ring (bicyclic) bond motifs is 1. The maximum Gasteiger partial charge on any atom is 0.115 e. The smallest absolute Gasteiger partial charge is 0.115 e. The molecule has 0 fully saturated rings. The molecule has 0 aromatic carbocycles. The van der Waals surface area contributed by atoms with Crippen LogP contribution < -0.4 is 5.32 Å². The van der Waals surface area contributed by atoms with Crippen LogP contribution in [0.15, 0.2) is 12.5 Å². The molecule has 0 amide bonds. The van der Waals surface area contributed by atoms with Gasteiger partial charge in [0.25, 0.3) is 0 Å². The van der Waals surface area contributed by atoms with Crippen molar-refractivity contribution in [1.29, 1.82) is 0 Å². The van der Waals surface area contributed by atoms with Crippen LogP contribution in [0.1, 0.15) is 24.1 Å². The van der Waals surface area contributed by atoms with Crippen LogP contribution in [0.4, 0.5) is 0 Å². The van der Waals surface area contributed by atoms with Crippen LogP contribution in [0.2, 0.25) is 0 Å². The van der Waals surface area contributed by atoms with E-state index >= 15 is 0 Å². The minimum Gasteiger partial charge on any atom is -0.312 e. The molecule has 0 aliphatic carbocycles. The van der Waals surface area contributed by atoms with Crippen LogP contribution >= 0.6 is 0 Å². The van der Waals surface area contributed by atoms with Crippen LogP contribution in [0.3, 0.4) is 0 Å². The molecule has 0 radical (unpaired) electrons. The van der Waals surface area contributed by atoms with Gasteiger partial charge in [-0.15, -0.1) is 0 Å². The predicted molar refractivity (Wildman–Crippen MR) is 42.2 cm³/mol. The first kappa shape index (κ1) is 6.73. The second-order valence-electron chi connectivity index (χ2n) is 2.97. The summed E-state index contributed by atoms with van der Waals surface area (Å²) >= 11 is 0. The highest BCUT2D eigenvalue weighted by Gasteiger charge is 2.16. The molecule has 1 atom stereocenters. The number of hydrogen-bond acceptors (Lipinski definition) is 3. The molecule has 2 rings (SSSR count). The zero-order chi connectivity index (χ0) is 7.68. The molecule has 0 unspecified atom stereocenters. The Morgan fingerprint density at radius 2 is 2.55 bits per heavy atom. The first-order valence-corrected chi connectivity index (χ1v) is 3.87. The molecule has 1 aliphatic rings. The van der Waals surface area contributed by atoms with E-state index < -0.39 is 0 Å². The lowest BCUT2D eigenvalue weighted by molar-refractivity contribution is 0.553. The van der Waals surface area contributed by atoms with Gasteiger partial charge in [0, 0.05) is 30.8 Å². The van der Waals surface area contributed by atoms with Gasteiger partial charge in [0.1, 0.15) is 6.33 Å². The third-order valence-electron chi connectivity index (χ3n) is 2.06. The van der Waals surface area contributed by atoms with Gasteiger partial charge in [0.2, 0.25) is 0 Å². The van der Waals surface area contributed by atoms with Gasteiger partial charge in [-0.25, -0.2) is 9.97 Å². The molecule has 0 spiro atoms. The Balaban J connectivity index is 2.44. The van der Waals surface area contributed by atoms with Gasteiger partial charge in [-0.1, -0.05) is 6.92 Å². The van der Waals surface area contributed by atoms with Gasteiger partial charge in [0.05, 0.1) is 5.69 Å². The SMILES string of the molecule is C[C@@H]1CNCc2cncnc21.